The Hall–Kier alpha value is -2.63. The van der Waals surface area contributed by atoms with Crippen LogP contribution in [-0.4, -0.2) is 41.6 Å². The lowest BCUT2D eigenvalue weighted by Gasteiger charge is -2.41. The Morgan fingerprint density at radius 2 is 2.00 bits per heavy atom. The lowest BCUT2D eigenvalue weighted by molar-refractivity contribution is -0.160. The summed E-state index contributed by atoms with van der Waals surface area (Å²) in [7, 11) is 0. The van der Waals surface area contributed by atoms with E-state index in [-0.39, 0.29) is 18.3 Å². The van der Waals surface area contributed by atoms with E-state index in [0.717, 1.165) is 35.2 Å². The molecule has 1 fully saturated rings. The molecule has 3 rings (SSSR count). The van der Waals surface area contributed by atoms with E-state index in [0.29, 0.717) is 31.9 Å². The van der Waals surface area contributed by atoms with Gasteiger partial charge in [-0.1, -0.05) is 29.4 Å². The number of carbonyl (C=O) groups excluding carboxylic acids is 2. The number of benzene rings is 1. The van der Waals surface area contributed by atoms with Crippen LogP contribution in [-0.2, 0) is 27.2 Å². The molecule has 1 aromatic carbocycles. The largest absolute Gasteiger partial charge is 0.466 e. The van der Waals surface area contributed by atoms with Crippen LogP contribution in [0.5, 0.6) is 0 Å². The number of carbonyl (C=O) groups is 2. The molecule has 1 atom stereocenters. The highest BCUT2D eigenvalue weighted by atomic mass is 16.5. The first kappa shape index (κ1) is 21.1. The van der Waals surface area contributed by atoms with Crippen LogP contribution in [0.15, 0.2) is 28.8 Å². The average Bonchev–Trinajstić information content (AvgIpc) is 3.02. The van der Waals surface area contributed by atoms with Gasteiger partial charge in [0.25, 0.3) is 0 Å². The zero-order chi connectivity index (χ0) is 21.0. The van der Waals surface area contributed by atoms with Gasteiger partial charge in [0.1, 0.15) is 5.76 Å². The molecule has 1 aromatic heterocycles. The smallest absolute Gasteiger partial charge is 0.314 e. The second-order valence-corrected chi connectivity index (χ2v) is 8.00. The van der Waals surface area contributed by atoms with Gasteiger partial charge in [-0.2, -0.15) is 0 Å². The van der Waals surface area contributed by atoms with Crippen LogP contribution < -0.4 is 0 Å². The second-order valence-electron chi connectivity index (χ2n) is 8.00. The third kappa shape index (κ3) is 4.52. The molecule has 29 heavy (non-hydrogen) atoms. The van der Waals surface area contributed by atoms with E-state index in [9.17, 15) is 9.59 Å². The highest BCUT2D eigenvalue weighted by Gasteiger charge is 2.45. The van der Waals surface area contributed by atoms with Crippen LogP contribution in [0.4, 0.5) is 0 Å². The molecule has 2 aromatic rings. The normalized spacial score (nSPS) is 19.2. The van der Waals surface area contributed by atoms with Gasteiger partial charge >= 0.3 is 5.97 Å². The minimum Gasteiger partial charge on any atom is -0.466 e. The third-order valence-corrected chi connectivity index (χ3v) is 5.94. The van der Waals surface area contributed by atoms with Crippen molar-refractivity contribution >= 4 is 11.9 Å². The Bertz CT molecular complexity index is 869. The summed E-state index contributed by atoms with van der Waals surface area (Å²) in [6.45, 7) is 8.90. The maximum Gasteiger partial charge on any atom is 0.314 e. The average molecular weight is 399 g/mol. The molecule has 0 saturated carbocycles. The van der Waals surface area contributed by atoms with Crippen LogP contribution >= 0.6 is 0 Å². The minimum atomic E-state index is -0.714. The number of hydrogen-bond acceptors (Lipinski definition) is 5. The van der Waals surface area contributed by atoms with Crippen LogP contribution in [0.1, 0.15) is 47.9 Å². The molecular weight excluding hydrogens is 368 g/mol. The molecule has 1 unspecified atom stereocenters. The highest BCUT2D eigenvalue weighted by molar-refractivity contribution is 5.82. The Morgan fingerprint density at radius 3 is 2.66 bits per heavy atom. The van der Waals surface area contributed by atoms with Crippen LogP contribution in [0.2, 0.25) is 0 Å². The van der Waals surface area contributed by atoms with Crippen LogP contribution in [0.25, 0.3) is 0 Å². The van der Waals surface area contributed by atoms with Crippen molar-refractivity contribution in [2.75, 3.05) is 19.7 Å². The van der Waals surface area contributed by atoms with Gasteiger partial charge in [-0.3, -0.25) is 9.59 Å². The van der Waals surface area contributed by atoms with Crippen molar-refractivity contribution in [2.24, 2.45) is 5.41 Å². The number of esters is 1. The number of amides is 1. The maximum atomic E-state index is 13.1. The topological polar surface area (TPSA) is 72.6 Å². The lowest BCUT2D eigenvalue weighted by Crippen LogP contribution is -2.52. The van der Waals surface area contributed by atoms with Crippen LogP contribution in [0.3, 0.4) is 0 Å². The standard InChI is InChI=1S/C23H30N2O4/c1-5-28-22(27)23(14-19-10-7-6-9-16(19)2)11-8-12-25(15-23)21(26)13-20-17(3)24-29-18(20)4/h6-7,9-10H,5,8,11-15H2,1-4H3. The zero-order valence-corrected chi connectivity index (χ0v) is 17.8. The van der Waals surface area contributed by atoms with E-state index in [1.54, 1.807) is 0 Å². The van der Waals surface area contributed by atoms with Crippen molar-refractivity contribution in [1.29, 1.82) is 0 Å². The molecule has 0 N–H and O–H groups in total. The molecule has 1 aliphatic rings. The predicted molar refractivity (Wildman–Crippen MR) is 109 cm³/mol. The molecule has 2 heterocycles. The SMILES string of the molecule is CCOC(=O)C1(Cc2ccccc2C)CCCN(C(=O)Cc2c(C)noc2C)C1. The molecule has 6 nitrogen and oxygen atoms in total. The highest BCUT2D eigenvalue weighted by Crippen LogP contribution is 2.36. The molecule has 1 amide bonds. The number of hydrogen-bond donors (Lipinski definition) is 0. The molecule has 0 spiro atoms. The van der Waals surface area contributed by atoms with Gasteiger partial charge < -0.3 is 14.2 Å². The summed E-state index contributed by atoms with van der Waals surface area (Å²) in [4.78, 5) is 27.9. The van der Waals surface area contributed by atoms with Crippen molar-refractivity contribution in [3.8, 4) is 0 Å². The Labute approximate surface area is 172 Å². The van der Waals surface area contributed by atoms with E-state index in [1.165, 1.54) is 0 Å². The lowest BCUT2D eigenvalue weighted by atomic mass is 9.74. The second kappa shape index (κ2) is 8.80. The van der Waals surface area contributed by atoms with E-state index in [2.05, 4.69) is 24.2 Å². The fraction of sp³-hybridized carbons (Fsp3) is 0.522. The number of piperidine rings is 1. The van der Waals surface area contributed by atoms with Crippen molar-refractivity contribution < 1.29 is 18.8 Å². The van der Waals surface area contributed by atoms with E-state index < -0.39 is 5.41 Å². The van der Waals surface area contributed by atoms with Gasteiger partial charge in [-0.15, -0.1) is 0 Å². The number of aromatic nitrogens is 1. The molecule has 0 aliphatic carbocycles. The molecule has 0 radical (unpaired) electrons. The van der Waals surface area contributed by atoms with E-state index in [4.69, 9.17) is 9.26 Å². The number of rotatable bonds is 6. The quantitative estimate of drug-likeness (QED) is 0.696. The monoisotopic (exact) mass is 398 g/mol. The van der Waals surface area contributed by atoms with E-state index in [1.807, 2.05) is 37.8 Å². The molecule has 6 heteroatoms. The van der Waals surface area contributed by atoms with E-state index >= 15 is 0 Å². The Morgan fingerprint density at radius 1 is 1.24 bits per heavy atom. The van der Waals surface area contributed by atoms with Gasteiger partial charge in [0.05, 0.1) is 24.1 Å². The molecule has 1 saturated heterocycles. The minimum absolute atomic E-state index is 0.00226. The summed E-state index contributed by atoms with van der Waals surface area (Å²) < 4.78 is 10.7. The molecule has 1 aliphatic heterocycles. The summed E-state index contributed by atoms with van der Waals surface area (Å²) >= 11 is 0. The summed E-state index contributed by atoms with van der Waals surface area (Å²) in [6.07, 6.45) is 2.31. The first-order valence-electron chi connectivity index (χ1n) is 10.3. The first-order valence-corrected chi connectivity index (χ1v) is 10.3. The number of ether oxygens (including phenoxy) is 1. The molecular formula is C23H30N2O4. The van der Waals surface area contributed by atoms with Gasteiger partial charge in [-0.05, 0) is 58.1 Å². The Balaban J connectivity index is 1.84. The Kier molecular flexibility index (Phi) is 6.40. The fourth-order valence-electron chi connectivity index (χ4n) is 4.20. The van der Waals surface area contributed by atoms with Gasteiger partial charge in [0.15, 0.2) is 0 Å². The molecule has 156 valence electrons. The van der Waals surface area contributed by atoms with Crippen LogP contribution in [0, 0.1) is 26.2 Å². The number of likely N-dealkylation sites (tertiary alicyclic amines) is 1. The van der Waals surface area contributed by atoms with Gasteiger partial charge in [-0.25, -0.2) is 0 Å². The first-order chi connectivity index (χ1) is 13.9. The van der Waals surface area contributed by atoms with Crippen molar-refractivity contribution in [3.05, 3.63) is 52.4 Å². The maximum absolute atomic E-state index is 13.1. The number of aryl methyl sites for hydroxylation is 3. The number of nitrogens with zero attached hydrogens (tertiary/aromatic N) is 2. The summed E-state index contributed by atoms with van der Waals surface area (Å²) in [6, 6.07) is 8.10. The summed E-state index contributed by atoms with van der Waals surface area (Å²) in [5.74, 6) is 0.458. The summed E-state index contributed by atoms with van der Waals surface area (Å²) in [5, 5.41) is 3.94. The van der Waals surface area contributed by atoms with Crippen molar-refractivity contribution in [2.45, 2.75) is 53.4 Å². The molecule has 0 bridgehead atoms. The fourth-order valence-corrected chi connectivity index (χ4v) is 4.20. The predicted octanol–water partition coefficient (Wildman–Crippen LogP) is 3.56. The zero-order valence-electron chi connectivity index (χ0n) is 17.8. The summed E-state index contributed by atoms with van der Waals surface area (Å²) in [5.41, 5.74) is 3.14. The van der Waals surface area contributed by atoms with Gasteiger partial charge in [0.2, 0.25) is 5.91 Å². The third-order valence-electron chi connectivity index (χ3n) is 5.94. The van der Waals surface area contributed by atoms with Crippen molar-refractivity contribution in [3.63, 3.8) is 0 Å². The van der Waals surface area contributed by atoms with Crippen molar-refractivity contribution in [1.82, 2.24) is 10.1 Å². The van der Waals surface area contributed by atoms with Gasteiger partial charge in [0, 0.05) is 18.7 Å².